The largest absolute Gasteiger partial charge is 0.472 e. The Morgan fingerprint density at radius 3 is 1.14 bits per heavy atom. The predicted molar refractivity (Wildman–Crippen MR) is 307 cm³/mol. The fourth-order valence-electron chi connectivity index (χ4n) is 8.21. The van der Waals surface area contributed by atoms with Gasteiger partial charge in [-0.1, -0.05) is 266 Å². The van der Waals surface area contributed by atoms with E-state index < -0.39 is 26.5 Å². The SMILES string of the molecule is CC/C=C\C/C=C\C/C=C\C/C=C\C/C=C\C/C=C\C/C=C\CCCCCCCCCCCC(=O)OC(COC(=O)CCCCCCCCCCCCCCCCCCCCCC)COP(=O)(O)OCCN. The number of ether oxygens (including phenoxy) is 2. The van der Waals surface area contributed by atoms with Crippen molar-refractivity contribution in [3.05, 3.63) is 85.1 Å². The van der Waals surface area contributed by atoms with Crippen LogP contribution in [0.1, 0.15) is 264 Å². The van der Waals surface area contributed by atoms with Crippen molar-refractivity contribution in [2.45, 2.75) is 270 Å². The second-order valence-electron chi connectivity index (χ2n) is 19.5. The molecule has 72 heavy (non-hydrogen) atoms. The molecule has 9 nitrogen and oxygen atoms in total. The number of nitrogens with two attached hydrogens (primary N) is 1. The van der Waals surface area contributed by atoms with Crippen molar-refractivity contribution in [2.75, 3.05) is 26.4 Å². The number of allylic oxidation sites excluding steroid dienone is 14. The lowest BCUT2D eigenvalue weighted by Gasteiger charge is -2.19. The average Bonchev–Trinajstić information content (AvgIpc) is 3.37. The van der Waals surface area contributed by atoms with E-state index in [4.69, 9.17) is 24.3 Å². The lowest BCUT2D eigenvalue weighted by atomic mass is 10.0. The van der Waals surface area contributed by atoms with Gasteiger partial charge in [-0.15, -0.1) is 0 Å². The van der Waals surface area contributed by atoms with Gasteiger partial charge in [-0.25, -0.2) is 4.57 Å². The zero-order valence-electron chi connectivity index (χ0n) is 46.4. The fourth-order valence-corrected chi connectivity index (χ4v) is 8.97. The highest BCUT2D eigenvalue weighted by atomic mass is 31.2. The van der Waals surface area contributed by atoms with Gasteiger partial charge < -0.3 is 20.1 Å². The minimum atomic E-state index is -4.39. The van der Waals surface area contributed by atoms with Gasteiger partial charge in [0.25, 0.3) is 0 Å². The molecule has 0 aliphatic carbocycles. The summed E-state index contributed by atoms with van der Waals surface area (Å²) < 4.78 is 33.0. The molecule has 0 aliphatic heterocycles. The maximum Gasteiger partial charge on any atom is 0.472 e. The van der Waals surface area contributed by atoms with E-state index in [-0.39, 0.29) is 38.6 Å². The summed E-state index contributed by atoms with van der Waals surface area (Å²) in [4.78, 5) is 35.2. The van der Waals surface area contributed by atoms with Crippen molar-refractivity contribution in [3.63, 3.8) is 0 Å². The molecular weight excluding hydrogens is 918 g/mol. The van der Waals surface area contributed by atoms with Crippen LogP contribution in [0.5, 0.6) is 0 Å². The van der Waals surface area contributed by atoms with Crippen LogP contribution in [0.15, 0.2) is 85.1 Å². The summed E-state index contributed by atoms with van der Waals surface area (Å²) in [6, 6.07) is 0. The maximum atomic E-state index is 12.7. The highest BCUT2D eigenvalue weighted by Crippen LogP contribution is 2.43. The molecule has 2 unspecified atom stereocenters. The molecule has 0 bridgehead atoms. The topological polar surface area (TPSA) is 134 Å². The third-order valence-electron chi connectivity index (χ3n) is 12.5. The van der Waals surface area contributed by atoms with Gasteiger partial charge >= 0.3 is 19.8 Å². The Morgan fingerprint density at radius 2 is 0.764 bits per heavy atom. The molecule has 0 heterocycles. The first-order valence-electron chi connectivity index (χ1n) is 29.6. The van der Waals surface area contributed by atoms with Crippen LogP contribution < -0.4 is 5.73 Å². The lowest BCUT2D eigenvalue weighted by Crippen LogP contribution is -2.29. The van der Waals surface area contributed by atoms with Crippen LogP contribution in [0.4, 0.5) is 0 Å². The normalized spacial score (nSPS) is 13.7. The molecule has 0 saturated heterocycles. The third-order valence-corrected chi connectivity index (χ3v) is 13.5. The molecule has 416 valence electrons. The van der Waals surface area contributed by atoms with E-state index in [2.05, 4.69) is 98.9 Å². The second kappa shape index (κ2) is 57.5. The van der Waals surface area contributed by atoms with E-state index in [1.165, 1.54) is 141 Å². The monoisotopic (exact) mass is 1030 g/mol. The molecule has 0 aromatic heterocycles. The van der Waals surface area contributed by atoms with Gasteiger partial charge in [-0.05, 0) is 70.6 Å². The Kier molecular flexibility index (Phi) is 55.2. The first-order valence-corrected chi connectivity index (χ1v) is 31.1. The van der Waals surface area contributed by atoms with E-state index >= 15 is 0 Å². The fraction of sp³-hybridized carbons (Fsp3) is 0.742. The predicted octanol–water partition coefficient (Wildman–Crippen LogP) is 18.7. The Hall–Kier alpha value is -2.81. The minimum Gasteiger partial charge on any atom is -0.462 e. The molecule has 0 aliphatic rings. The number of rotatable bonds is 55. The molecule has 10 heteroatoms. The molecule has 0 radical (unpaired) electrons. The van der Waals surface area contributed by atoms with Crippen molar-refractivity contribution in [1.29, 1.82) is 0 Å². The number of unbranched alkanes of at least 4 members (excludes halogenated alkanes) is 28. The Morgan fingerprint density at radius 1 is 0.431 bits per heavy atom. The van der Waals surface area contributed by atoms with Crippen molar-refractivity contribution < 1.29 is 37.6 Å². The first kappa shape index (κ1) is 69.2. The number of esters is 2. The van der Waals surface area contributed by atoms with Gasteiger partial charge in [0.05, 0.1) is 13.2 Å². The molecule has 0 aromatic carbocycles. The van der Waals surface area contributed by atoms with E-state index in [0.717, 1.165) is 89.9 Å². The van der Waals surface area contributed by atoms with Crippen LogP contribution in [0, 0.1) is 0 Å². The maximum absolute atomic E-state index is 12.7. The standard InChI is InChI=1S/C62H110NO8P/c1-3-5-7-9-11-13-15-17-19-21-23-25-26-27-28-29-30-31-32-33-34-35-37-39-41-43-45-47-49-51-53-55-62(65)71-60(59-70-72(66,67)69-57-56-63)58-68-61(64)54-52-50-48-46-44-42-40-38-36-24-22-20-18-16-14-12-10-8-6-4-2/h5,7,11,13,17,19,23,25,27-28,30-31,33-34,60H,3-4,6,8-10,12,14-16,18,20-22,24,26,29,32,35-59,63H2,1-2H3,(H,66,67)/b7-5-,13-11-,19-17-,25-23-,28-27-,31-30-,34-33-. The van der Waals surface area contributed by atoms with Gasteiger partial charge in [-0.2, -0.15) is 0 Å². The molecular formula is C62H110NO8P. The number of phosphoric ester groups is 1. The zero-order chi connectivity index (χ0) is 52.4. The van der Waals surface area contributed by atoms with Gasteiger partial charge in [0.1, 0.15) is 6.61 Å². The van der Waals surface area contributed by atoms with Crippen molar-refractivity contribution in [1.82, 2.24) is 0 Å². The second-order valence-corrected chi connectivity index (χ2v) is 20.9. The first-order chi connectivity index (χ1) is 35.3. The molecule has 2 atom stereocenters. The van der Waals surface area contributed by atoms with E-state index in [1.807, 2.05) is 0 Å². The molecule has 0 aromatic rings. The summed E-state index contributed by atoms with van der Waals surface area (Å²) in [5, 5.41) is 0. The summed E-state index contributed by atoms with van der Waals surface area (Å²) in [7, 11) is -4.39. The van der Waals surface area contributed by atoms with Crippen LogP contribution >= 0.6 is 7.82 Å². The van der Waals surface area contributed by atoms with Crippen LogP contribution in [0.2, 0.25) is 0 Å². The molecule has 0 fully saturated rings. The van der Waals surface area contributed by atoms with Crippen molar-refractivity contribution >= 4 is 19.8 Å². The zero-order valence-corrected chi connectivity index (χ0v) is 47.3. The van der Waals surface area contributed by atoms with Crippen molar-refractivity contribution in [3.8, 4) is 0 Å². The summed E-state index contributed by atoms with van der Waals surface area (Å²) >= 11 is 0. The molecule has 0 spiro atoms. The molecule has 0 saturated carbocycles. The number of carbonyl (C=O) groups is 2. The van der Waals surface area contributed by atoms with Gasteiger partial charge in [0, 0.05) is 19.4 Å². The Bertz CT molecular complexity index is 1450. The average molecular weight is 1030 g/mol. The summed E-state index contributed by atoms with van der Waals surface area (Å²) in [5.74, 6) is -0.828. The quantitative estimate of drug-likeness (QED) is 0.0264. The van der Waals surface area contributed by atoms with Gasteiger partial charge in [0.2, 0.25) is 0 Å². The third kappa shape index (κ3) is 56.5. The van der Waals surface area contributed by atoms with Gasteiger partial charge in [-0.3, -0.25) is 18.6 Å². The number of carbonyl (C=O) groups excluding carboxylic acids is 2. The van der Waals surface area contributed by atoms with E-state index in [9.17, 15) is 19.0 Å². The van der Waals surface area contributed by atoms with Crippen LogP contribution in [0.25, 0.3) is 0 Å². The van der Waals surface area contributed by atoms with Crippen LogP contribution in [-0.4, -0.2) is 49.3 Å². The smallest absolute Gasteiger partial charge is 0.462 e. The Labute approximate surface area is 443 Å². The molecule has 0 rings (SSSR count). The van der Waals surface area contributed by atoms with Crippen LogP contribution in [0.3, 0.4) is 0 Å². The highest BCUT2D eigenvalue weighted by Gasteiger charge is 2.26. The lowest BCUT2D eigenvalue weighted by molar-refractivity contribution is -0.161. The number of phosphoric acid groups is 1. The van der Waals surface area contributed by atoms with E-state index in [0.29, 0.717) is 6.42 Å². The molecule has 0 amide bonds. The highest BCUT2D eigenvalue weighted by molar-refractivity contribution is 7.47. The Balaban J connectivity index is 3.99. The van der Waals surface area contributed by atoms with Crippen LogP contribution in [-0.2, 0) is 32.7 Å². The van der Waals surface area contributed by atoms with E-state index in [1.54, 1.807) is 0 Å². The summed E-state index contributed by atoms with van der Waals surface area (Å²) in [6.07, 6.45) is 74.9. The summed E-state index contributed by atoms with van der Waals surface area (Å²) in [6.45, 7) is 3.65. The number of hydrogen-bond acceptors (Lipinski definition) is 8. The molecule has 3 N–H and O–H groups in total. The minimum absolute atomic E-state index is 0.0502. The van der Waals surface area contributed by atoms with Crippen molar-refractivity contribution in [2.24, 2.45) is 5.73 Å². The number of hydrogen-bond donors (Lipinski definition) is 2. The summed E-state index contributed by atoms with van der Waals surface area (Å²) in [5.41, 5.74) is 5.38. The van der Waals surface area contributed by atoms with Gasteiger partial charge in [0.15, 0.2) is 6.10 Å².